The van der Waals surface area contributed by atoms with E-state index >= 15 is 0 Å². The molecule has 0 fully saturated rings. The van der Waals surface area contributed by atoms with Crippen LogP contribution in [0.1, 0.15) is 21.5 Å². The number of carboxylic acids is 1. The van der Waals surface area contributed by atoms with E-state index in [0.29, 0.717) is 34.1 Å². The molecule has 1 heterocycles. The number of allylic oxidation sites excluding steroid dienone is 1. The van der Waals surface area contributed by atoms with Gasteiger partial charge in [0.1, 0.15) is 5.75 Å². The molecule has 164 valence electrons. The fourth-order valence-electron chi connectivity index (χ4n) is 3.58. The van der Waals surface area contributed by atoms with Crippen LogP contribution in [0.4, 0.5) is 5.69 Å². The number of carbonyl (C=O) groups is 2. The summed E-state index contributed by atoms with van der Waals surface area (Å²) < 4.78 is 15.9. The van der Waals surface area contributed by atoms with Gasteiger partial charge in [-0.1, -0.05) is 18.2 Å². The van der Waals surface area contributed by atoms with Crippen LogP contribution in [0.25, 0.3) is 5.57 Å². The van der Waals surface area contributed by atoms with Gasteiger partial charge in [0.25, 0.3) is 0 Å². The molecule has 33 heavy (non-hydrogen) atoms. The van der Waals surface area contributed by atoms with Crippen LogP contribution in [0.15, 0.2) is 72.3 Å². The second-order valence-electron chi connectivity index (χ2n) is 7.21. The Morgan fingerprint density at radius 2 is 1.67 bits per heavy atom. The molecular weight excluding hydrogens is 433 g/mol. The van der Waals surface area contributed by atoms with E-state index in [1.807, 2.05) is 0 Å². The van der Waals surface area contributed by atoms with Crippen molar-refractivity contribution < 1.29 is 28.9 Å². The topological polar surface area (TPSA) is 108 Å². The number of carboxylic acid groups (broad SMARTS) is 1. The van der Waals surface area contributed by atoms with E-state index in [0.717, 1.165) is 5.56 Å². The number of carbonyl (C=O) groups excluding carboxylic acids is 1. The molecule has 3 aromatic carbocycles. The molecule has 3 N–H and O–H groups in total. The van der Waals surface area contributed by atoms with Gasteiger partial charge in [-0.25, -0.2) is 4.79 Å². The first-order valence-electron chi connectivity index (χ1n) is 9.86. The molecule has 4 rings (SSSR count). The van der Waals surface area contributed by atoms with E-state index in [1.54, 1.807) is 66.7 Å². The predicted octanol–water partition coefficient (Wildman–Crippen LogP) is 3.32. The van der Waals surface area contributed by atoms with E-state index in [1.165, 1.54) is 7.11 Å². The summed E-state index contributed by atoms with van der Waals surface area (Å²) in [5.74, 6) is -0.0641. The number of benzene rings is 3. The number of hydrogen-bond donors (Lipinski definition) is 2. The molecule has 0 atom stereocenters. The van der Waals surface area contributed by atoms with E-state index in [9.17, 15) is 14.7 Å². The van der Waals surface area contributed by atoms with Crippen molar-refractivity contribution in [3.8, 4) is 17.2 Å². The quantitative estimate of drug-likeness (QED) is 0.244. The number of rotatable bonds is 7. The van der Waals surface area contributed by atoms with Crippen LogP contribution in [-0.4, -0.2) is 60.3 Å². The van der Waals surface area contributed by atoms with Gasteiger partial charge in [-0.15, -0.1) is 0 Å². The summed E-state index contributed by atoms with van der Waals surface area (Å²) in [4.78, 5) is 25.9. The fourth-order valence-corrected chi connectivity index (χ4v) is 3.58. The minimum atomic E-state index is -1.22. The number of nitrogen functional groups attached to an aromatic ring is 1. The first kappa shape index (κ1) is 24.4. The monoisotopic (exact) mass is 455 g/mol. The number of fused-ring (bicyclic) bond motifs is 1. The van der Waals surface area contributed by atoms with Gasteiger partial charge in [0, 0.05) is 23.2 Å². The van der Waals surface area contributed by atoms with Crippen molar-refractivity contribution in [3.63, 3.8) is 0 Å². The number of methoxy groups -OCH3 is 1. The molecule has 7 nitrogen and oxygen atoms in total. The summed E-state index contributed by atoms with van der Waals surface area (Å²) in [6, 6.07) is 18.4. The first-order chi connectivity index (χ1) is 15.5. The number of nitrogens with two attached hydrogens (primary N) is 1. The van der Waals surface area contributed by atoms with Gasteiger partial charge in [0.2, 0.25) is 6.79 Å². The van der Waals surface area contributed by atoms with Gasteiger partial charge in [-0.05, 0) is 59.7 Å². The third-order valence-electron chi connectivity index (χ3n) is 5.14. The maximum absolute atomic E-state index is 13.5. The number of ketones is 1. The second kappa shape index (κ2) is 10.6. The molecule has 0 unspecified atom stereocenters. The number of Topliss-reactive ketones (excluding diaryl/α,β-unsaturated/α-hetero) is 1. The molecule has 0 aliphatic carbocycles. The van der Waals surface area contributed by atoms with Gasteiger partial charge < -0.3 is 25.1 Å². The standard InChI is InChI=1S/C25H21NO6.Na.H/c1-30-19-8-5-16(6-9-19)24(27)20(12-15-3-2-4-18(26)11-15)23(25(28)29)17-7-10-21-22(13-17)32-14-31-21;;/h2-11,13H,12,14,26H2,1H3,(H,28,29);;. The van der Waals surface area contributed by atoms with Crippen molar-refractivity contribution in [2.45, 2.75) is 6.42 Å². The maximum atomic E-state index is 13.5. The Labute approximate surface area is 213 Å². The van der Waals surface area contributed by atoms with Crippen LogP contribution < -0.4 is 19.9 Å². The van der Waals surface area contributed by atoms with Crippen molar-refractivity contribution >= 4 is 52.6 Å². The van der Waals surface area contributed by atoms with E-state index in [2.05, 4.69) is 0 Å². The zero-order chi connectivity index (χ0) is 22.7. The third-order valence-corrected chi connectivity index (χ3v) is 5.14. The van der Waals surface area contributed by atoms with Gasteiger partial charge in [0.15, 0.2) is 17.3 Å². The summed E-state index contributed by atoms with van der Waals surface area (Å²) >= 11 is 0. The molecule has 0 bridgehead atoms. The van der Waals surface area contributed by atoms with E-state index in [-0.39, 0.29) is 53.9 Å². The molecule has 0 radical (unpaired) electrons. The van der Waals surface area contributed by atoms with Gasteiger partial charge in [-0.3, -0.25) is 4.79 Å². The Bertz CT molecular complexity index is 1220. The molecule has 0 saturated heterocycles. The molecule has 8 heteroatoms. The van der Waals surface area contributed by atoms with Crippen LogP contribution in [0.5, 0.6) is 17.2 Å². The molecule has 0 spiro atoms. The van der Waals surface area contributed by atoms with Crippen LogP contribution >= 0.6 is 0 Å². The van der Waals surface area contributed by atoms with Gasteiger partial charge >= 0.3 is 35.5 Å². The summed E-state index contributed by atoms with van der Waals surface area (Å²) in [7, 11) is 1.53. The Hall–Kier alpha value is -3.26. The van der Waals surface area contributed by atoms with Crippen molar-refractivity contribution in [1.82, 2.24) is 0 Å². The molecule has 3 aromatic rings. The third kappa shape index (κ3) is 5.39. The predicted molar refractivity (Wildman–Crippen MR) is 126 cm³/mol. The van der Waals surface area contributed by atoms with E-state index in [4.69, 9.17) is 19.9 Å². The summed E-state index contributed by atoms with van der Waals surface area (Å²) in [5.41, 5.74) is 7.88. The average Bonchev–Trinajstić information content (AvgIpc) is 3.26. The molecule has 0 saturated carbocycles. The van der Waals surface area contributed by atoms with Crippen molar-refractivity contribution in [3.05, 3.63) is 89.0 Å². The number of anilines is 1. The number of aliphatic carboxylic acids is 1. The Morgan fingerprint density at radius 1 is 0.970 bits per heavy atom. The first-order valence-corrected chi connectivity index (χ1v) is 9.86. The van der Waals surface area contributed by atoms with Crippen molar-refractivity contribution in [2.24, 2.45) is 0 Å². The molecule has 0 aromatic heterocycles. The van der Waals surface area contributed by atoms with Gasteiger partial charge in [-0.2, -0.15) is 0 Å². The molecular formula is C25H22NNaO6. The average molecular weight is 455 g/mol. The zero-order valence-electron chi connectivity index (χ0n) is 17.3. The van der Waals surface area contributed by atoms with Gasteiger partial charge in [0.05, 0.1) is 12.7 Å². The zero-order valence-corrected chi connectivity index (χ0v) is 17.3. The summed E-state index contributed by atoms with van der Waals surface area (Å²) in [5, 5.41) is 10.1. The van der Waals surface area contributed by atoms with Crippen molar-refractivity contribution in [2.75, 3.05) is 19.6 Å². The molecule has 1 aliphatic rings. The Balaban J connectivity index is 0.00000306. The number of hydrogen-bond acceptors (Lipinski definition) is 6. The minimum absolute atomic E-state index is 0. The Morgan fingerprint density at radius 3 is 2.33 bits per heavy atom. The molecule has 1 aliphatic heterocycles. The number of ether oxygens (including phenoxy) is 3. The second-order valence-corrected chi connectivity index (χ2v) is 7.21. The van der Waals surface area contributed by atoms with Crippen LogP contribution in [0.3, 0.4) is 0 Å². The van der Waals surface area contributed by atoms with Crippen LogP contribution in [0.2, 0.25) is 0 Å². The van der Waals surface area contributed by atoms with Crippen molar-refractivity contribution in [1.29, 1.82) is 0 Å². The fraction of sp³-hybridized carbons (Fsp3) is 0.120. The SMILES string of the molecule is COc1ccc(C(=O)C(Cc2cccc(N)c2)=C(C(=O)O)c2ccc3c(c2)OCO3)cc1.[NaH]. The normalized spacial score (nSPS) is 12.4. The molecule has 0 amide bonds. The van der Waals surface area contributed by atoms with Crippen LogP contribution in [-0.2, 0) is 11.2 Å². The van der Waals surface area contributed by atoms with Crippen LogP contribution in [0, 0.1) is 0 Å². The summed E-state index contributed by atoms with van der Waals surface area (Å²) in [6.45, 7) is 0.0613. The van der Waals surface area contributed by atoms with E-state index < -0.39 is 11.8 Å². The summed E-state index contributed by atoms with van der Waals surface area (Å²) in [6.07, 6.45) is 0.0893. The Kier molecular flexibility index (Phi) is 7.81.